The zero-order chi connectivity index (χ0) is 13.4. The summed E-state index contributed by atoms with van der Waals surface area (Å²) < 4.78 is 6.12. The van der Waals surface area contributed by atoms with Gasteiger partial charge in [0.05, 0.1) is 12.2 Å². The maximum atomic E-state index is 10.1. The minimum absolute atomic E-state index is 0.541. The second-order valence-corrected chi connectivity index (χ2v) is 10.9. The van der Waals surface area contributed by atoms with Gasteiger partial charge in [-0.05, 0) is 42.6 Å². The Morgan fingerprint density at radius 2 is 2.00 bits per heavy atom. The number of rotatable bonds is 5. The van der Waals surface area contributed by atoms with Crippen molar-refractivity contribution in [2.45, 2.75) is 57.5 Å². The normalized spacial score (nSPS) is 18.1. The van der Waals surface area contributed by atoms with Crippen LogP contribution in [0.3, 0.4) is 0 Å². The first kappa shape index (κ1) is 13.8. The molecule has 100 valence electrons. The molecule has 0 spiro atoms. The molecule has 3 heteroatoms. The smallest absolute Gasteiger partial charge is 0.189 e. The van der Waals surface area contributed by atoms with E-state index in [0.29, 0.717) is 12.1 Å². The van der Waals surface area contributed by atoms with Gasteiger partial charge in [0.25, 0.3) is 0 Å². The molecule has 1 aromatic carbocycles. The lowest BCUT2D eigenvalue weighted by Gasteiger charge is -2.27. The van der Waals surface area contributed by atoms with Gasteiger partial charge in [-0.25, -0.2) is 0 Å². The van der Waals surface area contributed by atoms with Gasteiger partial charge in [0.2, 0.25) is 0 Å². The molecule has 18 heavy (non-hydrogen) atoms. The third-order valence-electron chi connectivity index (χ3n) is 4.19. The van der Waals surface area contributed by atoms with E-state index >= 15 is 0 Å². The van der Waals surface area contributed by atoms with Gasteiger partial charge < -0.3 is 9.53 Å². The van der Waals surface area contributed by atoms with Gasteiger partial charge in [-0.15, -0.1) is 0 Å². The van der Waals surface area contributed by atoms with E-state index in [4.69, 9.17) is 4.43 Å². The molecule has 0 atom stereocenters. The van der Waals surface area contributed by atoms with Crippen LogP contribution in [0, 0.1) is 0 Å². The molecule has 0 radical (unpaired) electrons. The van der Waals surface area contributed by atoms with Gasteiger partial charge >= 0.3 is 0 Å². The van der Waals surface area contributed by atoms with Crippen LogP contribution in [-0.2, 0) is 16.6 Å². The zero-order valence-electron chi connectivity index (χ0n) is 11.9. The van der Waals surface area contributed by atoms with Gasteiger partial charge in [0.1, 0.15) is 0 Å². The third kappa shape index (κ3) is 3.02. The van der Waals surface area contributed by atoms with Crippen molar-refractivity contribution >= 4 is 8.32 Å². The van der Waals surface area contributed by atoms with Crippen LogP contribution in [0.15, 0.2) is 24.3 Å². The Bertz CT molecular complexity index is 422. The van der Waals surface area contributed by atoms with E-state index in [0.717, 1.165) is 18.4 Å². The van der Waals surface area contributed by atoms with Crippen LogP contribution in [0.1, 0.15) is 37.8 Å². The summed E-state index contributed by atoms with van der Waals surface area (Å²) in [7, 11) is -1.57. The Morgan fingerprint density at radius 1 is 1.33 bits per heavy atom. The number of hydrogen-bond acceptors (Lipinski definition) is 2. The van der Waals surface area contributed by atoms with Gasteiger partial charge in [-0.2, -0.15) is 0 Å². The second-order valence-electron chi connectivity index (χ2n) is 6.28. The average Bonchev–Trinajstić information content (AvgIpc) is 3.07. The van der Waals surface area contributed by atoms with Crippen molar-refractivity contribution in [3.8, 4) is 0 Å². The van der Waals surface area contributed by atoms with E-state index < -0.39 is 13.9 Å². The Balaban J connectivity index is 2.02. The lowest BCUT2D eigenvalue weighted by Crippen LogP contribution is -2.33. The maximum absolute atomic E-state index is 10.1. The third-order valence-corrected chi connectivity index (χ3v) is 7.86. The molecule has 0 bridgehead atoms. The SMILES string of the molecule is CC(C)[Si](C)(C)OCc1cccc(C2(O)CC2)c1. The highest BCUT2D eigenvalue weighted by molar-refractivity contribution is 6.72. The molecule has 1 aliphatic carbocycles. The highest BCUT2D eigenvalue weighted by Gasteiger charge is 2.42. The van der Waals surface area contributed by atoms with E-state index in [-0.39, 0.29) is 0 Å². The van der Waals surface area contributed by atoms with Crippen LogP contribution in [0.4, 0.5) is 0 Å². The van der Waals surface area contributed by atoms with Gasteiger partial charge in [-0.3, -0.25) is 0 Å². The number of aliphatic hydroxyl groups is 1. The van der Waals surface area contributed by atoms with Crippen molar-refractivity contribution in [1.82, 2.24) is 0 Å². The summed E-state index contributed by atoms with van der Waals surface area (Å²) in [5.41, 5.74) is 2.30. The Labute approximate surface area is 111 Å². The molecular formula is C15H24O2Si. The molecule has 0 saturated heterocycles. The monoisotopic (exact) mass is 264 g/mol. The summed E-state index contributed by atoms with van der Waals surface area (Å²) in [5.74, 6) is 0. The predicted molar refractivity (Wildman–Crippen MR) is 76.9 cm³/mol. The van der Waals surface area contributed by atoms with Crippen molar-refractivity contribution in [3.63, 3.8) is 0 Å². The fourth-order valence-corrected chi connectivity index (χ4v) is 2.67. The summed E-state index contributed by atoms with van der Waals surface area (Å²) in [6.45, 7) is 9.65. The lowest BCUT2D eigenvalue weighted by molar-refractivity contribution is 0.151. The molecule has 1 aliphatic rings. The molecule has 0 aromatic heterocycles. The molecule has 2 nitrogen and oxygen atoms in total. The van der Waals surface area contributed by atoms with Crippen molar-refractivity contribution < 1.29 is 9.53 Å². The van der Waals surface area contributed by atoms with Crippen LogP contribution in [0.5, 0.6) is 0 Å². The summed E-state index contributed by atoms with van der Waals surface area (Å²) in [6, 6.07) is 8.22. The van der Waals surface area contributed by atoms with Crippen LogP contribution >= 0.6 is 0 Å². The number of hydrogen-bond donors (Lipinski definition) is 1. The minimum Gasteiger partial charge on any atom is -0.413 e. The highest BCUT2D eigenvalue weighted by Crippen LogP contribution is 2.45. The minimum atomic E-state index is -1.57. The first-order valence-electron chi connectivity index (χ1n) is 6.79. The topological polar surface area (TPSA) is 29.5 Å². The molecule has 0 unspecified atom stereocenters. The molecular weight excluding hydrogens is 240 g/mol. The maximum Gasteiger partial charge on any atom is 0.189 e. The Morgan fingerprint density at radius 3 is 2.56 bits per heavy atom. The summed E-state index contributed by atoms with van der Waals surface area (Å²) in [5, 5.41) is 10.1. The predicted octanol–water partition coefficient (Wildman–Crippen LogP) is 3.80. The molecule has 0 heterocycles. The van der Waals surface area contributed by atoms with Crippen molar-refractivity contribution in [3.05, 3.63) is 35.4 Å². The molecule has 1 aromatic rings. The van der Waals surface area contributed by atoms with Gasteiger partial charge in [0.15, 0.2) is 8.32 Å². The van der Waals surface area contributed by atoms with E-state index in [2.05, 4.69) is 39.1 Å². The Hall–Kier alpha value is -0.643. The first-order chi connectivity index (χ1) is 8.33. The largest absolute Gasteiger partial charge is 0.413 e. The van der Waals surface area contributed by atoms with Crippen LogP contribution in [0.25, 0.3) is 0 Å². The molecule has 0 amide bonds. The lowest BCUT2D eigenvalue weighted by atomic mass is 10.1. The van der Waals surface area contributed by atoms with Crippen molar-refractivity contribution in [2.75, 3.05) is 0 Å². The van der Waals surface area contributed by atoms with Crippen molar-refractivity contribution in [2.24, 2.45) is 0 Å². The zero-order valence-corrected chi connectivity index (χ0v) is 12.9. The van der Waals surface area contributed by atoms with Gasteiger partial charge in [-0.1, -0.05) is 38.1 Å². The standard InChI is InChI=1S/C15H24O2Si/c1-12(2)18(3,4)17-11-13-6-5-7-14(10-13)15(16)8-9-15/h5-7,10,12,16H,8-9,11H2,1-4H3. The summed E-state index contributed by atoms with van der Waals surface area (Å²) in [4.78, 5) is 0. The Kier molecular flexibility index (Phi) is 3.67. The van der Waals surface area contributed by atoms with Crippen molar-refractivity contribution in [1.29, 1.82) is 0 Å². The quantitative estimate of drug-likeness (QED) is 0.820. The van der Waals surface area contributed by atoms with Crippen LogP contribution in [0.2, 0.25) is 18.6 Å². The molecule has 1 N–H and O–H groups in total. The molecule has 1 saturated carbocycles. The van der Waals surface area contributed by atoms with E-state index in [1.54, 1.807) is 0 Å². The van der Waals surface area contributed by atoms with E-state index in [1.807, 2.05) is 12.1 Å². The second kappa shape index (κ2) is 4.80. The highest BCUT2D eigenvalue weighted by atomic mass is 28.4. The average molecular weight is 264 g/mol. The molecule has 0 aliphatic heterocycles. The summed E-state index contributed by atoms with van der Waals surface area (Å²) >= 11 is 0. The van der Waals surface area contributed by atoms with E-state index in [1.165, 1.54) is 5.56 Å². The van der Waals surface area contributed by atoms with Gasteiger partial charge in [0, 0.05) is 0 Å². The molecule has 1 fully saturated rings. The fourth-order valence-electron chi connectivity index (χ4n) is 1.79. The summed E-state index contributed by atoms with van der Waals surface area (Å²) in [6.07, 6.45) is 1.78. The number of benzene rings is 1. The first-order valence-corrected chi connectivity index (χ1v) is 9.78. The van der Waals surface area contributed by atoms with E-state index in [9.17, 15) is 5.11 Å². The molecule has 2 rings (SSSR count). The van der Waals surface area contributed by atoms with Crippen LogP contribution < -0.4 is 0 Å². The fraction of sp³-hybridized carbons (Fsp3) is 0.600. The van der Waals surface area contributed by atoms with Crippen LogP contribution in [-0.4, -0.2) is 13.4 Å².